The summed E-state index contributed by atoms with van der Waals surface area (Å²) < 4.78 is 7.32. The Kier molecular flexibility index (Phi) is 3.22. The Labute approximate surface area is 114 Å². The molecule has 1 saturated carbocycles. The molecule has 0 bridgehead atoms. The summed E-state index contributed by atoms with van der Waals surface area (Å²) in [7, 11) is 0. The van der Waals surface area contributed by atoms with Gasteiger partial charge >= 0.3 is 0 Å². The summed E-state index contributed by atoms with van der Waals surface area (Å²) in [6.07, 6.45) is 10.5. The van der Waals surface area contributed by atoms with Crippen molar-refractivity contribution in [1.29, 1.82) is 0 Å². The fraction of sp³-hybridized carbons (Fsp3) is 0.462. The topological polar surface area (TPSA) is 37.9 Å². The predicted molar refractivity (Wildman–Crippen MR) is 76.3 cm³/mol. The largest absolute Gasteiger partial charge is 0.490 e. The van der Waals surface area contributed by atoms with Gasteiger partial charge in [-0.2, -0.15) is 0 Å². The van der Waals surface area contributed by atoms with Crippen molar-refractivity contribution < 1.29 is 4.74 Å². The lowest BCUT2D eigenvalue weighted by atomic mass is 9.98. The number of rotatable bonds is 2. The van der Waals surface area contributed by atoms with Crippen LogP contribution in [0.4, 0.5) is 0 Å². The number of hydrogen-bond donors (Lipinski definition) is 1. The van der Waals surface area contributed by atoms with E-state index in [1.54, 1.807) is 0 Å². The summed E-state index contributed by atoms with van der Waals surface area (Å²) >= 11 is 2.32. The number of ether oxygens (including phenoxy) is 1. The third-order valence-electron chi connectivity index (χ3n) is 3.33. The van der Waals surface area contributed by atoms with Gasteiger partial charge in [-0.15, -0.1) is 0 Å². The minimum atomic E-state index is 0.389. The Balaban J connectivity index is 1.91. The van der Waals surface area contributed by atoms with Crippen molar-refractivity contribution in [2.45, 2.75) is 38.2 Å². The molecule has 0 unspecified atom stereocenters. The molecule has 1 N–H and O–H groups in total. The van der Waals surface area contributed by atoms with E-state index in [-0.39, 0.29) is 0 Å². The number of pyridine rings is 1. The van der Waals surface area contributed by atoms with E-state index >= 15 is 0 Å². The molecule has 17 heavy (non-hydrogen) atoms. The van der Waals surface area contributed by atoms with Crippen molar-refractivity contribution in [3.05, 3.63) is 22.0 Å². The van der Waals surface area contributed by atoms with Crippen LogP contribution in [-0.4, -0.2) is 16.1 Å². The van der Waals surface area contributed by atoms with E-state index in [1.165, 1.54) is 35.7 Å². The molecule has 90 valence electrons. The number of aromatic amines is 1. The minimum Gasteiger partial charge on any atom is -0.490 e. The lowest BCUT2D eigenvalue weighted by Gasteiger charge is -2.23. The van der Waals surface area contributed by atoms with Crippen LogP contribution in [0.2, 0.25) is 0 Å². The summed E-state index contributed by atoms with van der Waals surface area (Å²) in [5.41, 5.74) is 0.919. The van der Waals surface area contributed by atoms with Crippen molar-refractivity contribution in [2.24, 2.45) is 0 Å². The first-order chi connectivity index (χ1) is 8.34. The van der Waals surface area contributed by atoms with Gasteiger partial charge < -0.3 is 9.72 Å². The second-order valence-electron chi connectivity index (χ2n) is 4.55. The maximum atomic E-state index is 6.14. The summed E-state index contributed by atoms with van der Waals surface area (Å²) in [5, 5.41) is 1.12. The molecule has 2 aromatic heterocycles. The molecule has 0 saturated heterocycles. The van der Waals surface area contributed by atoms with Crippen molar-refractivity contribution >= 4 is 33.6 Å². The lowest BCUT2D eigenvalue weighted by Crippen LogP contribution is -2.19. The molecule has 3 rings (SSSR count). The van der Waals surface area contributed by atoms with E-state index in [2.05, 4.69) is 32.6 Å². The van der Waals surface area contributed by atoms with Crippen LogP contribution in [0.25, 0.3) is 11.0 Å². The number of nitrogens with zero attached hydrogens (tertiary/aromatic N) is 1. The Bertz CT molecular complexity index is 517. The molecule has 0 aliphatic heterocycles. The van der Waals surface area contributed by atoms with Gasteiger partial charge in [0.1, 0.15) is 11.4 Å². The Morgan fingerprint density at radius 1 is 1.29 bits per heavy atom. The van der Waals surface area contributed by atoms with E-state index in [1.807, 2.05) is 18.5 Å². The minimum absolute atomic E-state index is 0.389. The summed E-state index contributed by atoms with van der Waals surface area (Å²) in [6, 6.07) is 1.98. The molecular weight excluding hydrogens is 327 g/mol. The molecule has 1 fully saturated rings. The maximum Gasteiger partial charge on any atom is 0.142 e. The van der Waals surface area contributed by atoms with Gasteiger partial charge in [0.05, 0.1) is 11.5 Å². The molecule has 3 nitrogen and oxygen atoms in total. The highest BCUT2D eigenvalue weighted by molar-refractivity contribution is 14.1. The fourth-order valence-electron chi connectivity index (χ4n) is 2.45. The van der Waals surface area contributed by atoms with Gasteiger partial charge in [-0.25, -0.2) is 4.98 Å². The zero-order chi connectivity index (χ0) is 11.7. The number of fused-ring (bicyclic) bond motifs is 1. The van der Waals surface area contributed by atoms with Crippen molar-refractivity contribution in [3.8, 4) is 5.75 Å². The predicted octanol–water partition coefficient (Wildman–Crippen LogP) is 3.88. The highest BCUT2D eigenvalue weighted by atomic mass is 127. The SMILES string of the molecule is Ic1c[nH]c2nccc(OC3CCCCC3)c12. The molecular formula is C13H15IN2O. The van der Waals surface area contributed by atoms with E-state index in [4.69, 9.17) is 4.74 Å². The Morgan fingerprint density at radius 3 is 2.94 bits per heavy atom. The van der Waals surface area contributed by atoms with Gasteiger partial charge in [0.25, 0.3) is 0 Å². The number of hydrogen-bond acceptors (Lipinski definition) is 2. The van der Waals surface area contributed by atoms with Gasteiger partial charge in [-0.3, -0.25) is 0 Å². The summed E-state index contributed by atoms with van der Waals surface area (Å²) in [4.78, 5) is 7.48. The first kappa shape index (κ1) is 11.3. The molecule has 2 heterocycles. The molecule has 1 aliphatic carbocycles. The standard InChI is InChI=1S/C13H15IN2O/c14-10-8-16-13-12(10)11(6-7-15-13)17-9-4-2-1-3-5-9/h6-9H,1-5H2,(H,15,16). The molecule has 0 amide bonds. The molecule has 1 aliphatic rings. The van der Waals surface area contributed by atoms with Gasteiger partial charge in [0.2, 0.25) is 0 Å². The van der Waals surface area contributed by atoms with Gasteiger partial charge in [-0.05, 0) is 54.3 Å². The van der Waals surface area contributed by atoms with E-state index < -0.39 is 0 Å². The summed E-state index contributed by atoms with van der Waals surface area (Å²) in [6.45, 7) is 0. The first-order valence-electron chi connectivity index (χ1n) is 6.13. The van der Waals surface area contributed by atoms with E-state index in [0.717, 1.165) is 16.8 Å². The van der Waals surface area contributed by atoms with E-state index in [9.17, 15) is 0 Å². The molecule has 0 atom stereocenters. The van der Waals surface area contributed by atoms with Gasteiger partial charge in [0.15, 0.2) is 0 Å². The monoisotopic (exact) mass is 342 g/mol. The fourth-order valence-corrected chi connectivity index (χ4v) is 3.13. The second kappa shape index (κ2) is 4.84. The molecule has 2 aromatic rings. The first-order valence-corrected chi connectivity index (χ1v) is 7.21. The molecule has 0 radical (unpaired) electrons. The third-order valence-corrected chi connectivity index (χ3v) is 4.18. The van der Waals surface area contributed by atoms with Crippen LogP contribution >= 0.6 is 22.6 Å². The average Bonchev–Trinajstić information content (AvgIpc) is 2.74. The normalized spacial score (nSPS) is 17.5. The second-order valence-corrected chi connectivity index (χ2v) is 5.71. The van der Waals surface area contributed by atoms with Gasteiger partial charge in [-0.1, -0.05) is 6.42 Å². The van der Waals surface area contributed by atoms with Crippen LogP contribution in [0.5, 0.6) is 5.75 Å². The van der Waals surface area contributed by atoms with Crippen LogP contribution in [0.15, 0.2) is 18.5 Å². The summed E-state index contributed by atoms with van der Waals surface area (Å²) in [5.74, 6) is 0.979. The van der Waals surface area contributed by atoms with Crippen molar-refractivity contribution in [1.82, 2.24) is 9.97 Å². The number of nitrogens with one attached hydrogen (secondary N) is 1. The Hall–Kier alpha value is -0.780. The smallest absolute Gasteiger partial charge is 0.142 e. The zero-order valence-corrected chi connectivity index (χ0v) is 11.7. The molecule has 0 aromatic carbocycles. The molecule has 0 spiro atoms. The number of H-pyrrole nitrogens is 1. The highest BCUT2D eigenvalue weighted by Gasteiger charge is 2.17. The lowest BCUT2D eigenvalue weighted by molar-refractivity contribution is 0.157. The van der Waals surface area contributed by atoms with Crippen LogP contribution < -0.4 is 4.74 Å². The van der Waals surface area contributed by atoms with E-state index in [0.29, 0.717) is 6.10 Å². The molecule has 4 heteroatoms. The van der Waals surface area contributed by atoms with Crippen LogP contribution in [0, 0.1) is 3.57 Å². The zero-order valence-electron chi connectivity index (χ0n) is 9.58. The van der Waals surface area contributed by atoms with Crippen molar-refractivity contribution in [3.63, 3.8) is 0 Å². The van der Waals surface area contributed by atoms with Crippen LogP contribution in [-0.2, 0) is 0 Å². The van der Waals surface area contributed by atoms with Crippen LogP contribution in [0.1, 0.15) is 32.1 Å². The highest BCUT2D eigenvalue weighted by Crippen LogP contribution is 2.31. The average molecular weight is 342 g/mol. The quantitative estimate of drug-likeness (QED) is 0.841. The van der Waals surface area contributed by atoms with Crippen LogP contribution in [0.3, 0.4) is 0 Å². The Morgan fingerprint density at radius 2 is 2.12 bits per heavy atom. The van der Waals surface area contributed by atoms with Gasteiger partial charge in [0, 0.05) is 16.0 Å². The third kappa shape index (κ3) is 2.27. The number of aromatic nitrogens is 2. The van der Waals surface area contributed by atoms with Crippen molar-refractivity contribution in [2.75, 3.05) is 0 Å². The number of halogens is 1. The maximum absolute atomic E-state index is 6.14.